The zero-order valence-corrected chi connectivity index (χ0v) is 24.5. The molecule has 2 aromatic rings. The van der Waals surface area contributed by atoms with Crippen LogP contribution in [-0.4, -0.2) is 47.0 Å². The fraction of sp³-hybridized carbons (Fsp3) is 0.414. The number of benzene rings is 2. The number of hydrogen-bond acceptors (Lipinski definition) is 6. The smallest absolute Gasteiger partial charge is 0.264 e. The second-order valence-corrected chi connectivity index (χ2v) is 11.4. The first-order valence-electron chi connectivity index (χ1n) is 13.2. The van der Waals surface area contributed by atoms with Crippen molar-refractivity contribution in [3.63, 3.8) is 0 Å². The Morgan fingerprint density at radius 1 is 1.13 bits per heavy atom. The number of nitrogens with one attached hydrogen (secondary N) is 3. The number of rotatable bonds is 10. The summed E-state index contributed by atoms with van der Waals surface area (Å²) >= 11 is 2.37. The molecule has 2 aromatic carbocycles. The van der Waals surface area contributed by atoms with E-state index in [2.05, 4.69) is 71.4 Å². The molecule has 3 N–H and O–H groups in total. The van der Waals surface area contributed by atoms with Gasteiger partial charge in [-0.25, -0.2) is 0 Å². The summed E-state index contributed by atoms with van der Waals surface area (Å²) in [6.45, 7) is 7.42. The fourth-order valence-corrected chi connectivity index (χ4v) is 5.92. The van der Waals surface area contributed by atoms with E-state index in [1.54, 1.807) is 18.2 Å². The van der Waals surface area contributed by atoms with Gasteiger partial charge >= 0.3 is 0 Å². The van der Waals surface area contributed by atoms with Crippen LogP contribution in [0.1, 0.15) is 89.3 Å². The van der Waals surface area contributed by atoms with Crippen molar-refractivity contribution in [1.29, 1.82) is 0 Å². The predicted molar refractivity (Wildman–Crippen MR) is 155 cm³/mol. The van der Waals surface area contributed by atoms with E-state index in [0.717, 1.165) is 10.5 Å². The third-order valence-electron chi connectivity index (χ3n) is 7.07. The van der Waals surface area contributed by atoms with Crippen LogP contribution in [0.3, 0.4) is 0 Å². The van der Waals surface area contributed by atoms with Crippen molar-refractivity contribution in [1.82, 2.24) is 15.5 Å². The van der Waals surface area contributed by atoms with E-state index in [4.69, 9.17) is 0 Å². The summed E-state index contributed by atoms with van der Waals surface area (Å²) in [5.74, 6) is -1.72. The third kappa shape index (κ3) is 6.32. The highest BCUT2D eigenvalue weighted by Crippen LogP contribution is 2.32. The zero-order valence-electron chi connectivity index (χ0n) is 22.4. The Morgan fingerprint density at radius 2 is 1.90 bits per heavy atom. The highest BCUT2D eigenvalue weighted by atomic mass is 127. The van der Waals surface area contributed by atoms with Crippen molar-refractivity contribution in [2.75, 3.05) is 11.9 Å². The van der Waals surface area contributed by atoms with E-state index in [0.29, 0.717) is 44.0 Å². The number of amides is 5. The summed E-state index contributed by atoms with van der Waals surface area (Å²) in [5, 5.41) is 8.42. The maximum atomic E-state index is 13.2. The van der Waals surface area contributed by atoms with Gasteiger partial charge in [-0.2, -0.15) is 0 Å². The van der Waals surface area contributed by atoms with Gasteiger partial charge in [0.15, 0.2) is 0 Å². The van der Waals surface area contributed by atoms with E-state index < -0.39 is 29.7 Å². The van der Waals surface area contributed by atoms with Gasteiger partial charge in [0.25, 0.3) is 11.8 Å². The van der Waals surface area contributed by atoms with E-state index in [-0.39, 0.29) is 29.9 Å². The molecule has 0 aromatic heterocycles. The van der Waals surface area contributed by atoms with Crippen LogP contribution in [0.25, 0.3) is 0 Å². The van der Waals surface area contributed by atoms with E-state index in [1.807, 2.05) is 0 Å². The van der Waals surface area contributed by atoms with Gasteiger partial charge in [0.05, 0.1) is 11.1 Å². The quantitative estimate of drug-likeness (QED) is 0.204. The molecule has 1 atom stereocenters. The molecule has 0 spiro atoms. The van der Waals surface area contributed by atoms with Crippen molar-refractivity contribution in [3.05, 3.63) is 61.7 Å². The SMILES string of the molecule is Cc1cc(CNC(=O)CCCCNc2cccc3c2C(=O)N(C2CCC(=O)NC2=O)C3=O)cc(C(C)C)c1I. The Morgan fingerprint density at radius 3 is 2.62 bits per heavy atom. The number of fused-ring (bicyclic) bond motifs is 1. The van der Waals surface area contributed by atoms with Crippen molar-refractivity contribution in [2.24, 2.45) is 0 Å². The van der Waals surface area contributed by atoms with Gasteiger partial charge in [-0.05, 0) is 83.5 Å². The first-order chi connectivity index (χ1) is 18.6. The second-order valence-electron chi connectivity index (χ2n) is 10.3. The number of unbranched alkanes of at least 4 members (excludes halogenated alkanes) is 1. The zero-order chi connectivity index (χ0) is 28.3. The largest absolute Gasteiger partial charge is 0.384 e. The van der Waals surface area contributed by atoms with Crippen molar-refractivity contribution in [3.8, 4) is 0 Å². The Bertz CT molecular complexity index is 1340. The van der Waals surface area contributed by atoms with Gasteiger partial charge in [-0.15, -0.1) is 0 Å². The molecule has 206 valence electrons. The highest BCUT2D eigenvalue weighted by Gasteiger charge is 2.45. The van der Waals surface area contributed by atoms with Crippen LogP contribution in [0.4, 0.5) is 5.69 Å². The average molecular weight is 645 g/mol. The number of hydrogen-bond donors (Lipinski definition) is 3. The Hall–Kier alpha value is -3.28. The second kappa shape index (κ2) is 12.3. The number of anilines is 1. The van der Waals surface area contributed by atoms with Gasteiger partial charge in [-0.3, -0.25) is 34.2 Å². The molecule has 1 saturated heterocycles. The molecule has 2 aliphatic heterocycles. The summed E-state index contributed by atoms with van der Waals surface area (Å²) in [6, 6.07) is 8.25. The molecule has 1 fully saturated rings. The minimum atomic E-state index is -0.998. The summed E-state index contributed by atoms with van der Waals surface area (Å²) in [7, 11) is 0. The van der Waals surface area contributed by atoms with Crippen LogP contribution in [0, 0.1) is 10.5 Å². The van der Waals surface area contributed by atoms with Gasteiger partial charge < -0.3 is 10.6 Å². The van der Waals surface area contributed by atoms with E-state index in [1.165, 1.54) is 14.7 Å². The van der Waals surface area contributed by atoms with Crippen molar-refractivity contribution < 1.29 is 24.0 Å². The molecule has 0 radical (unpaired) electrons. The van der Waals surface area contributed by atoms with Crippen LogP contribution in [0.2, 0.25) is 0 Å². The Labute approximate surface area is 241 Å². The maximum Gasteiger partial charge on any atom is 0.264 e. The molecule has 5 amide bonds. The molecule has 0 aliphatic carbocycles. The van der Waals surface area contributed by atoms with Crippen LogP contribution in [0.15, 0.2) is 30.3 Å². The molecule has 4 rings (SSSR count). The molecule has 0 bridgehead atoms. The molecular formula is C29H33IN4O5. The summed E-state index contributed by atoms with van der Waals surface area (Å²) in [4.78, 5) is 63.3. The Balaban J connectivity index is 1.27. The summed E-state index contributed by atoms with van der Waals surface area (Å²) in [5.41, 5.74) is 4.58. The molecule has 2 heterocycles. The number of carbonyl (C=O) groups is 5. The van der Waals surface area contributed by atoms with Crippen LogP contribution < -0.4 is 16.0 Å². The lowest BCUT2D eigenvalue weighted by Crippen LogP contribution is -2.54. The molecule has 9 nitrogen and oxygen atoms in total. The minimum absolute atomic E-state index is 0.0152. The van der Waals surface area contributed by atoms with E-state index >= 15 is 0 Å². The lowest BCUT2D eigenvalue weighted by molar-refractivity contribution is -0.136. The van der Waals surface area contributed by atoms with Crippen LogP contribution >= 0.6 is 22.6 Å². The number of aryl methyl sites for hydroxylation is 1. The molecular weight excluding hydrogens is 611 g/mol. The van der Waals surface area contributed by atoms with Crippen molar-refractivity contribution in [2.45, 2.75) is 71.4 Å². The lowest BCUT2D eigenvalue weighted by atomic mass is 9.98. The lowest BCUT2D eigenvalue weighted by Gasteiger charge is -2.27. The highest BCUT2D eigenvalue weighted by molar-refractivity contribution is 14.1. The molecule has 10 heteroatoms. The number of imide groups is 2. The number of piperidine rings is 1. The maximum absolute atomic E-state index is 13.2. The fourth-order valence-electron chi connectivity index (χ4n) is 4.98. The Kier molecular flexibility index (Phi) is 9.04. The molecule has 2 aliphatic rings. The first kappa shape index (κ1) is 28.7. The monoisotopic (exact) mass is 644 g/mol. The van der Waals surface area contributed by atoms with Gasteiger partial charge in [0.1, 0.15) is 6.04 Å². The number of carbonyl (C=O) groups excluding carboxylic acids is 5. The average Bonchev–Trinajstić information content (AvgIpc) is 3.14. The van der Waals surface area contributed by atoms with Gasteiger partial charge in [0, 0.05) is 35.2 Å². The van der Waals surface area contributed by atoms with E-state index in [9.17, 15) is 24.0 Å². The number of halogens is 1. The molecule has 1 unspecified atom stereocenters. The third-order valence-corrected chi connectivity index (χ3v) is 8.54. The normalized spacial score (nSPS) is 16.9. The summed E-state index contributed by atoms with van der Waals surface area (Å²) in [6.07, 6.45) is 1.92. The summed E-state index contributed by atoms with van der Waals surface area (Å²) < 4.78 is 1.27. The minimum Gasteiger partial charge on any atom is -0.384 e. The molecule has 39 heavy (non-hydrogen) atoms. The number of nitrogens with zero attached hydrogens (tertiary/aromatic N) is 1. The van der Waals surface area contributed by atoms with Crippen LogP contribution in [-0.2, 0) is 20.9 Å². The standard InChI is InChI=1S/C29H33IN4O5/c1-16(2)20-14-18(13-17(3)26(20)30)15-32-23(35)9-4-5-12-31-21-8-6-7-19-25(21)29(39)34(28(19)38)22-10-11-24(36)33-27(22)37/h6-8,13-14,16,22,31H,4-5,9-12,15H2,1-3H3,(H,32,35)(H,33,36,37). The van der Waals surface area contributed by atoms with Gasteiger partial charge in [0.2, 0.25) is 17.7 Å². The predicted octanol–water partition coefficient (Wildman–Crippen LogP) is 4.02. The molecule has 0 saturated carbocycles. The topological polar surface area (TPSA) is 125 Å². The van der Waals surface area contributed by atoms with Gasteiger partial charge in [-0.1, -0.05) is 32.0 Å². The first-order valence-corrected chi connectivity index (χ1v) is 14.3. The van der Waals surface area contributed by atoms with Crippen molar-refractivity contribution >= 4 is 57.8 Å². The van der Waals surface area contributed by atoms with Crippen LogP contribution in [0.5, 0.6) is 0 Å².